The third kappa shape index (κ3) is 5.03. The molecule has 0 aliphatic heterocycles. The summed E-state index contributed by atoms with van der Waals surface area (Å²) in [6.07, 6.45) is 0. The predicted octanol–water partition coefficient (Wildman–Crippen LogP) is 5.51. The number of amides is 1. The fourth-order valence-corrected chi connectivity index (χ4v) is 3.35. The van der Waals surface area contributed by atoms with Gasteiger partial charge in [-0.15, -0.1) is 0 Å². The Labute approximate surface area is 191 Å². The Morgan fingerprint density at radius 3 is 2.42 bits per heavy atom. The summed E-state index contributed by atoms with van der Waals surface area (Å²) in [5.74, 6) is -0.813. The Bertz CT molecular complexity index is 1280. The van der Waals surface area contributed by atoms with Gasteiger partial charge in [-0.3, -0.25) is 4.79 Å². The first-order valence-electron chi connectivity index (χ1n) is 10.5. The van der Waals surface area contributed by atoms with E-state index >= 15 is 0 Å². The van der Waals surface area contributed by atoms with Crippen LogP contribution in [-0.4, -0.2) is 28.6 Å². The molecule has 1 aromatic heterocycles. The molecule has 0 aliphatic carbocycles. The van der Waals surface area contributed by atoms with Gasteiger partial charge in [0.15, 0.2) is 12.2 Å². The van der Waals surface area contributed by atoms with Gasteiger partial charge in [-0.25, -0.2) is 9.78 Å². The van der Waals surface area contributed by atoms with E-state index in [2.05, 4.69) is 31.1 Å². The number of hydrogen-bond donors (Lipinski definition) is 2. The average Bonchev–Trinajstić information content (AvgIpc) is 3.21. The summed E-state index contributed by atoms with van der Waals surface area (Å²) in [4.78, 5) is 28.3. The van der Waals surface area contributed by atoms with Crippen LogP contribution in [0.5, 0.6) is 5.75 Å². The van der Waals surface area contributed by atoms with E-state index in [9.17, 15) is 9.59 Å². The molecular formula is C26H24N2O5. The third-order valence-corrected chi connectivity index (χ3v) is 5.13. The number of para-hydroxylation sites is 2. The number of hydrogen-bond acceptors (Lipinski definition) is 5. The third-order valence-electron chi connectivity index (χ3n) is 5.13. The van der Waals surface area contributed by atoms with Crippen LogP contribution in [0.4, 0.5) is 5.69 Å². The van der Waals surface area contributed by atoms with Crippen LogP contribution in [0.3, 0.4) is 0 Å². The summed E-state index contributed by atoms with van der Waals surface area (Å²) in [6, 6.07) is 19.6. The van der Waals surface area contributed by atoms with Gasteiger partial charge in [0.05, 0.1) is 5.56 Å². The topological polar surface area (TPSA) is 102 Å². The van der Waals surface area contributed by atoms with Crippen LogP contribution in [0.25, 0.3) is 22.6 Å². The number of carbonyl (C=O) groups is 2. The molecule has 0 saturated heterocycles. The van der Waals surface area contributed by atoms with Crippen molar-refractivity contribution in [3.8, 4) is 17.2 Å². The predicted molar refractivity (Wildman–Crippen MR) is 126 cm³/mol. The number of carboxylic acid groups (broad SMARTS) is 1. The highest BCUT2D eigenvalue weighted by molar-refractivity contribution is 6.04. The number of ether oxygens (including phenoxy) is 1. The van der Waals surface area contributed by atoms with Crippen LogP contribution in [0.1, 0.15) is 36.7 Å². The van der Waals surface area contributed by atoms with Crippen LogP contribution in [0.2, 0.25) is 0 Å². The van der Waals surface area contributed by atoms with Gasteiger partial charge in [-0.05, 0) is 53.4 Å². The average molecular weight is 444 g/mol. The molecule has 0 saturated carbocycles. The molecule has 7 heteroatoms. The molecule has 33 heavy (non-hydrogen) atoms. The minimum Gasteiger partial charge on any atom is -0.481 e. The number of fused-ring (bicyclic) bond motifs is 1. The number of anilines is 1. The zero-order chi connectivity index (χ0) is 23.6. The van der Waals surface area contributed by atoms with Gasteiger partial charge in [-0.1, -0.05) is 45.0 Å². The Balaban J connectivity index is 1.64. The van der Waals surface area contributed by atoms with Crippen LogP contribution in [-0.2, 0) is 10.2 Å². The molecule has 168 valence electrons. The Morgan fingerprint density at radius 2 is 1.76 bits per heavy atom. The number of nitrogens with zero attached hydrogens (tertiary/aromatic N) is 1. The van der Waals surface area contributed by atoms with Crippen LogP contribution >= 0.6 is 0 Å². The van der Waals surface area contributed by atoms with E-state index in [4.69, 9.17) is 14.3 Å². The highest BCUT2D eigenvalue weighted by atomic mass is 16.5. The maximum absolute atomic E-state index is 12.8. The molecule has 0 atom stereocenters. The molecule has 1 amide bonds. The Kier molecular flexibility index (Phi) is 5.87. The molecule has 7 nitrogen and oxygen atoms in total. The first-order valence-corrected chi connectivity index (χ1v) is 10.5. The number of carbonyl (C=O) groups excluding carboxylic acids is 1. The van der Waals surface area contributed by atoms with Gasteiger partial charge in [0.2, 0.25) is 5.89 Å². The van der Waals surface area contributed by atoms with Crippen LogP contribution in [0.15, 0.2) is 71.1 Å². The fraction of sp³-hybridized carbons (Fsp3) is 0.192. The van der Waals surface area contributed by atoms with Crippen molar-refractivity contribution in [2.75, 3.05) is 11.9 Å². The van der Waals surface area contributed by atoms with Crippen LogP contribution < -0.4 is 10.1 Å². The van der Waals surface area contributed by atoms with Crippen molar-refractivity contribution >= 4 is 28.7 Å². The summed E-state index contributed by atoms with van der Waals surface area (Å²) >= 11 is 0. The van der Waals surface area contributed by atoms with Crippen molar-refractivity contribution in [3.63, 3.8) is 0 Å². The highest BCUT2D eigenvalue weighted by Crippen LogP contribution is 2.34. The maximum Gasteiger partial charge on any atom is 0.341 e. The molecule has 4 aromatic rings. The largest absolute Gasteiger partial charge is 0.481 e. The van der Waals surface area contributed by atoms with Crippen LogP contribution in [0, 0.1) is 0 Å². The van der Waals surface area contributed by atoms with Crippen molar-refractivity contribution < 1.29 is 23.8 Å². The lowest BCUT2D eigenvalue weighted by atomic mass is 9.87. The lowest BCUT2D eigenvalue weighted by molar-refractivity contribution is -0.139. The maximum atomic E-state index is 12.8. The van der Waals surface area contributed by atoms with Crippen molar-refractivity contribution in [1.82, 2.24) is 4.98 Å². The number of benzene rings is 3. The SMILES string of the molecule is CC(C)(C)c1ccc(C(=O)Nc2ccc(OCC(=O)O)c(-c3nc4ccccc4o3)c2)cc1. The van der Waals surface area contributed by atoms with E-state index < -0.39 is 12.6 Å². The fourth-order valence-electron chi connectivity index (χ4n) is 3.35. The lowest BCUT2D eigenvalue weighted by Gasteiger charge is -2.19. The van der Waals surface area contributed by atoms with Gasteiger partial charge < -0.3 is 19.6 Å². The van der Waals surface area contributed by atoms with Gasteiger partial charge in [-0.2, -0.15) is 0 Å². The van der Waals surface area contributed by atoms with Crippen molar-refractivity contribution in [1.29, 1.82) is 0 Å². The van der Waals surface area contributed by atoms with Crippen molar-refractivity contribution in [2.45, 2.75) is 26.2 Å². The number of carboxylic acids is 1. The first kappa shape index (κ1) is 22.1. The summed E-state index contributed by atoms with van der Waals surface area (Å²) in [6.45, 7) is 5.83. The molecule has 0 bridgehead atoms. The van der Waals surface area contributed by atoms with Crippen molar-refractivity contribution in [2.24, 2.45) is 0 Å². The second kappa shape index (κ2) is 8.78. The zero-order valence-electron chi connectivity index (χ0n) is 18.6. The quantitative estimate of drug-likeness (QED) is 0.407. The molecule has 1 heterocycles. The minimum absolute atomic E-state index is 0.00469. The van der Waals surface area contributed by atoms with E-state index in [0.29, 0.717) is 27.9 Å². The molecule has 0 unspecified atom stereocenters. The number of rotatable bonds is 6. The van der Waals surface area contributed by atoms with Gasteiger partial charge in [0, 0.05) is 11.3 Å². The Morgan fingerprint density at radius 1 is 1.03 bits per heavy atom. The molecular weight excluding hydrogens is 420 g/mol. The monoisotopic (exact) mass is 444 g/mol. The van der Waals surface area contributed by atoms with E-state index in [1.165, 1.54) is 0 Å². The normalized spacial score (nSPS) is 11.4. The smallest absolute Gasteiger partial charge is 0.341 e. The standard InChI is InChI=1S/C26H24N2O5/c1-26(2,3)17-10-8-16(9-11-17)24(31)27-18-12-13-21(32-15-23(29)30)19(14-18)25-28-20-6-4-5-7-22(20)33-25/h4-14H,15H2,1-3H3,(H,27,31)(H,29,30). The second-order valence-corrected chi connectivity index (χ2v) is 8.66. The molecule has 3 aromatic carbocycles. The van der Waals surface area contributed by atoms with E-state index in [1.807, 2.05) is 30.3 Å². The molecule has 0 aliphatic rings. The lowest BCUT2D eigenvalue weighted by Crippen LogP contribution is -2.14. The molecule has 0 fully saturated rings. The zero-order valence-corrected chi connectivity index (χ0v) is 18.6. The first-order chi connectivity index (χ1) is 15.7. The van der Waals surface area contributed by atoms with Gasteiger partial charge >= 0.3 is 5.97 Å². The van der Waals surface area contributed by atoms with Gasteiger partial charge in [0.25, 0.3) is 5.91 Å². The molecule has 0 radical (unpaired) electrons. The number of aromatic nitrogens is 1. The summed E-state index contributed by atoms with van der Waals surface area (Å²) in [7, 11) is 0. The molecule has 2 N–H and O–H groups in total. The molecule has 0 spiro atoms. The highest BCUT2D eigenvalue weighted by Gasteiger charge is 2.18. The van der Waals surface area contributed by atoms with Gasteiger partial charge in [0.1, 0.15) is 11.3 Å². The molecule has 4 rings (SSSR count). The van der Waals surface area contributed by atoms with E-state index in [-0.39, 0.29) is 23.0 Å². The number of oxazole rings is 1. The summed E-state index contributed by atoms with van der Waals surface area (Å²) in [5.41, 5.74) is 3.84. The van der Waals surface area contributed by atoms with Crippen molar-refractivity contribution in [3.05, 3.63) is 77.9 Å². The Hall–Kier alpha value is -4.13. The minimum atomic E-state index is -1.10. The van der Waals surface area contributed by atoms with E-state index in [0.717, 1.165) is 5.56 Å². The summed E-state index contributed by atoms with van der Waals surface area (Å²) in [5, 5.41) is 11.9. The van der Waals surface area contributed by atoms with E-state index in [1.54, 1.807) is 36.4 Å². The summed E-state index contributed by atoms with van der Waals surface area (Å²) < 4.78 is 11.3. The second-order valence-electron chi connectivity index (χ2n) is 8.66. The number of nitrogens with one attached hydrogen (secondary N) is 1. The number of aliphatic carboxylic acids is 1.